The summed E-state index contributed by atoms with van der Waals surface area (Å²) < 4.78 is 17.0. The molecule has 0 saturated heterocycles. The highest BCUT2D eigenvalue weighted by Crippen LogP contribution is 2.43. The molecule has 0 aromatic heterocycles. The van der Waals surface area contributed by atoms with E-state index in [2.05, 4.69) is 23.1 Å². The van der Waals surface area contributed by atoms with Crippen LogP contribution in [0.1, 0.15) is 24.8 Å². The van der Waals surface area contributed by atoms with Gasteiger partial charge in [-0.2, -0.15) is 0 Å². The van der Waals surface area contributed by atoms with Gasteiger partial charge in [0.25, 0.3) is 0 Å². The van der Waals surface area contributed by atoms with E-state index in [1.165, 1.54) is 0 Å². The smallest absolute Gasteiger partial charge is 0.149 e. The zero-order chi connectivity index (χ0) is 22.8. The average Bonchev–Trinajstić information content (AvgIpc) is 2.88. The number of benzene rings is 3. The van der Waals surface area contributed by atoms with Gasteiger partial charge >= 0.3 is 0 Å². The number of anilines is 3. The topological polar surface area (TPSA) is 48.0 Å². The lowest BCUT2D eigenvalue weighted by molar-refractivity contribution is -0.105. The molecule has 5 heteroatoms. The van der Waals surface area contributed by atoms with Crippen molar-refractivity contribution in [1.29, 1.82) is 0 Å². The molecule has 0 bridgehead atoms. The van der Waals surface area contributed by atoms with Crippen LogP contribution in [-0.2, 0) is 4.79 Å². The zero-order valence-electron chi connectivity index (χ0n) is 18.7. The molecule has 0 radical (unpaired) electrons. The molecule has 0 N–H and O–H groups in total. The summed E-state index contributed by atoms with van der Waals surface area (Å²) >= 11 is 0. The highest BCUT2D eigenvalue weighted by atomic mass is 16.5. The summed E-state index contributed by atoms with van der Waals surface area (Å²) in [6, 6.07) is 22.1. The fourth-order valence-electron chi connectivity index (χ4n) is 4.36. The van der Waals surface area contributed by atoms with Gasteiger partial charge in [-0.1, -0.05) is 0 Å². The molecule has 0 amide bonds. The fourth-order valence-corrected chi connectivity index (χ4v) is 4.36. The molecule has 1 aliphatic heterocycles. The number of carbonyl (C=O) groups is 1. The van der Waals surface area contributed by atoms with Crippen molar-refractivity contribution in [2.24, 2.45) is 0 Å². The van der Waals surface area contributed by atoms with Crippen LogP contribution in [0.4, 0.5) is 17.1 Å². The first-order chi connectivity index (χ1) is 16.2. The number of aldehydes is 1. The Balaban J connectivity index is 1.60. The van der Waals surface area contributed by atoms with Crippen LogP contribution >= 0.6 is 0 Å². The number of hydrogen-bond acceptors (Lipinski definition) is 5. The van der Waals surface area contributed by atoms with Crippen molar-refractivity contribution in [3.05, 3.63) is 89.2 Å². The summed E-state index contributed by atoms with van der Waals surface area (Å²) in [5.41, 5.74) is 5.78. The molecular weight excluding hydrogens is 414 g/mol. The molecule has 0 spiro atoms. The Hall–Kier alpha value is -3.99. The molecule has 0 atom stereocenters. The molecule has 3 aromatic carbocycles. The normalized spacial score (nSPS) is 14.4. The van der Waals surface area contributed by atoms with Crippen molar-refractivity contribution in [1.82, 2.24) is 0 Å². The van der Waals surface area contributed by atoms with Crippen LogP contribution in [0.25, 0.3) is 6.08 Å². The number of fused-ring (bicyclic) bond motifs is 2. The first-order valence-electron chi connectivity index (χ1n) is 11.0. The number of carbonyl (C=O) groups excluding carboxylic acids is 1. The van der Waals surface area contributed by atoms with Gasteiger partial charge in [0.05, 0.1) is 14.2 Å². The Kier molecular flexibility index (Phi) is 5.61. The fraction of sp³-hybridized carbons (Fsp3) is 0.179. The van der Waals surface area contributed by atoms with Gasteiger partial charge in [-0.3, -0.25) is 4.79 Å². The first-order valence-corrected chi connectivity index (χ1v) is 11.0. The van der Waals surface area contributed by atoms with Crippen LogP contribution in [-0.4, -0.2) is 20.5 Å². The van der Waals surface area contributed by atoms with Crippen molar-refractivity contribution < 1.29 is 19.0 Å². The number of nitrogens with zero attached hydrogens (tertiary/aromatic N) is 1. The van der Waals surface area contributed by atoms with Crippen molar-refractivity contribution in [2.45, 2.75) is 19.3 Å². The van der Waals surface area contributed by atoms with E-state index in [1.54, 1.807) is 14.2 Å². The van der Waals surface area contributed by atoms with Gasteiger partial charge < -0.3 is 19.1 Å². The van der Waals surface area contributed by atoms with Crippen LogP contribution in [0.5, 0.6) is 17.2 Å². The third-order valence-corrected chi connectivity index (χ3v) is 6.08. The van der Waals surface area contributed by atoms with Gasteiger partial charge in [0.15, 0.2) is 0 Å². The minimum atomic E-state index is 0.723. The highest BCUT2D eigenvalue weighted by Gasteiger charge is 2.25. The summed E-state index contributed by atoms with van der Waals surface area (Å²) in [6.45, 7) is 0. The minimum absolute atomic E-state index is 0.723. The van der Waals surface area contributed by atoms with Crippen LogP contribution in [0.2, 0.25) is 0 Å². The summed E-state index contributed by atoms with van der Waals surface area (Å²) in [6.07, 6.45) is 5.74. The van der Waals surface area contributed by atoms with Crippen molar-refractivity contribution >= 4 is 29.4 Å². The van der Waals surface area contributed by atoms with E-state index in [1.807, 2.05) is 54.6 Å². The lowest BCUT2D eigenvalue weighted by atomic mass is 9.90. The third-order valence-electron chi connectivity index (χ3n) is 6.08. The maximum absolute atomic E-state index is 11.6. The van der Waals surface area contributed by atoms with Gasteiger partial charge in [0, 0.05) is 34.3 Å². The Labute approximate surface area is 193 Å². The zero-order valence-corrected chi connectivity index (χ0v) is 18.7. The number of ether oxygens (including phenoxy) is 3. The maximum Gasteiger partial charge on any atom is 0.149 e. The molecule has 1 aliphatic carbocycles. The van der Waals surface area contributed by atoms with E-state index in [0.717, 1.165) is 82.3 Å². The summed E-state index contributed by atoms with van der Waals surface area (Å²) in [7, 11) is 3.32. The molecule has 0 saturated carbocycles. The Morgan fingerprint density at radius 3 is 2.00 bits per heavy atom. The Bertz CT molecular complexity index is 1190. The molecule has 1 heterocycles. The predicted molar refractivity (Wildman–Crippen MR) is 130 cm³/mol. The second-order valence-corrected chi connectivity index (χ2v) is 8.05. The van der Waals surface area contributed by atoms with E-state index in [9.17, 15) is 4.79 Å². The Morgan fingerprint density at radius 2 is 1.42 bits per heavy atom. The largest absolute Gasteiger partial charge is 0.497 e. The van der Waals surface area contributed by atoms with Crippen LogP contribution < -0.4 is 19.1 Å². The molecule has 5 nitrogen and oxygen atoms in total. The molecule has 5 rings (SSSR count). The van der Waals surface area contributed by atoms with Crippen LogP contribution in [0.15, 0.2) is 83.6 Å². The second-order valence-electron chi connectivity index (χ2n) is 8.05. The summed E-state index contributed by atoms with van der Waals surface area (Å²) in [5, 5.41) is 0. The van der Waals surface area contributed by atoms with Crippen LogP contribution in [0.3, 0.4) is 0 Å². The second kappa shape index (κ2) is 8.87. The van der Waals surface area contributed by atoms with E-state index in [4.69, 9.17) is 14.2 Å². The molecule has 0 unspecified atom stereocenters. The van der Waals surface area contributed by atoms with Gasteiger partial charge in [-0.25, -0.2) is 0 Å². The average molecular weight is 440 g/mol. The molecule has 0 fully saturated rings. The summed E-state index contributed by atoms with van der Waals surface area (Å²) in [4.78, 5) is 13.7. The Morgan fingerprint density at radius 1 is 0.818 bits per heavy atom. The van der Waals surface area contributed by atoms with Crippen molar-refractivity contribution in [3.8, 4) is 17.2 Å². The summed E-state index contributed by atoms with van der Waals surface area (Å²) in [5.74, 6) is 3.07. The van der Waals surface area contributed by atoms with Crippen molar-refractivity contribution in [3.63, 3.8) is 0 Å². The minimum Gasteiger partial charge on any atom is -0.497 e. The monoisotopic (exact) mass is 439 g/mol. The standard InChI is InChI=1S/C28H25NO4/c1-31-25-12-8-22(9-13-25)29(23-10-14-26(32-2)15-11-23)24-7-6-19-16-20-4-3-5-21(18-30)28(20)33-27(19)17-24/h6-18H,3-5H2,1-2H3. The lowest BCUT2D eigenvalue weighted by Gasteiger charge is -2.29. The van der Waals surface area contributed by atoms with Gasteiger partial charge in [-0.15, -0.1) is 0 Å². The SMILES string of the molecule is COc1ccc(N(c2ccc(OC)cc2)c2ccc3c(c2)OC2=C(C=O)CCCC2=C3)cc1. The van der Waals surface area contributed by atoms with E-state index >= 15 is 0 Å². The van der Waals surface area contributed by atoms with Crippen LogP contribution in [0, 0.1) is 0 Å². The molecule has 166 valence electrons. The quantitative estimate of drug-likeness (QED) is 0.406. The van der Waals surface area contributed by atoms with E-state index < -0.39 is 0 Å². The molecule has 3 aromatic rings. The molecule has 33 heavy (non-hydrogen) atoms. The molecular formula is C28H25NO4. The maximum atomic E-state index is 11.6. The number of hydrogen-bond donors (Lipinski definition) is 0. The number of methoxy groups -OCH3 is 2. The highest BCUT2D eigenvalue weighted by molar-refractivity contribution is 5.82. The van der Waals surface area contributed by atoms with E-state index in [-0.39, 0.29) is 0 Å². The predicted octanol–water partition coefficient (Wildman–Crippen LogP) is 6.59. The number of rotatable bonds is 6. The lowest BCUT2D eigenvalue weighted by Crippen LogP contribution is -2.15. The first kappa shape index (κ1) is 20.9. The molecule has 2 aliphatic rings. The van der Waals surface area contributed by atoms with Crippen molar-refractivity contribution in [2.75, 3.05) is 19.1 Å². The van der Waals surface area contributed by atoms with Gasteiger partial charge in [-0.05, 0) is 91.6 Å². The van der Waals surface area contributed by atoms with E-state index in [0.29, 0.717) is 0 Å². The number of allylic oxidation sites excluding steroid dienone is 2. The van der Waals surface area contributed by atoms with Gasteiger partial charge in [0.1, 0.15) is 29.3 Å². The third kappa shape index (κ3) is 3.98. The van der Waals surface area contributed by atoms with Gasteiger partial charge in [0.2, 0.25) is 0 Å².